The Kier molecular flexibility index (Phi) is 4.16. The summed E-state index contributed by atoms with van der Waals surface area (Å²) in [5.74, 6) is 0. The van der Waals surface area contributed by atoms with Crippen molar-refractivity contribution in [2.75, 3.05) is 5.32 Å². The molecule has 0 aliphatic heterocycles. The molecule has 2 aromatic carbocycles. The van der Waals surface area contributed by atoms with Gasteiger partial charge in [-0.05, 0) is 56.5 Å². The zero-order valence-corrected chi connectivity index (χ0v) is 12.7. The van der Waals surface area contributed by atoms with E-state index in [9.17, 15) is 0 Å². The van der Waals surface area contributed by atoms with Crippen LogP contribution in [0.15, 0.2) is 36.4 Å². The van der Waals surface area contributed by atoms with Crippen LogP contribution >= 0.6 is 11.6 Å². The average molecular weight is 274 g/mol. The van der Waals surface area contributed by atoms with Gasteiger partial charge in [-0.15, -0.1) is 0 Å². The summed E-state index contributed by atoms with van der Waals surface area (Å²) in [7, 11) is 0. The molecule has 0 radical (unpaired) electrons. The summed E-state index contributed by atoms with van der Waals surface area (Å²) in [5, 5.41) is 4.31. The molecular formula is C17H20ClN. The molecule has 0 heterocycles. The third-order valence-corrected chi connectivity index (χ3v) is 3.70. The predicted molar refractivity (Wildman–Crippen MR) is 84.1 cm³/mol. The highest BCUT2D eigenvalue weighted by Gasteiger charge is 2.09. The van der Waals surface area contributed by atoms with Gasteiger partial charge in [-0.2, -0.15) is 0 Å². The van der Waals surface area contributed by atoms with Crippen molar-refractivity contribution in [3.8, 4) is 0 Å². The van der Waals surface area contributed by atoms with Crippen LogP contribution in [0.2, 0.25) is 5.02 Å². The second kappa shape index (κ2) is 5.66. The van der Waals surface area contributed by atoms with E-state index < -0.39 is 0 Å². The SMILES string of the molecule is Cc1ccc(C(C)Nc2cc(Cl)ccc2C)c(C)c1. The lowest BCUT2D eigenvalue weighted by Gasteiger charge is -2.20. The third-order valence-electron chi connectivity index (χ3n) is 3.46. The molecular weight excluding hydrogens is 254 g/mol. The van der Waals surface area contributed by atoms with E-state index >= 15 is 0 Å². The number of benzene rings is 2. The molecule has 0 amide bonds. The minimum Gasteiger partial charge on any atom is -0.378 e. The Morgan fingerprint density at radius 3 is 2.37 bits per heavy atom. The maximum absolute atomic E-state index is 6.06. The molecule has 0 aliphatic rings. The lowest BCUT2D eigenvalue weighted by molar-refractivity contribution is 0.871. The summed E-state index contributed by atoms with van der Waals surface area (Å²) >= 11 is 6.06. The van der Waals surface area contributed by atoms with E-state index in [-0.39, 0.29) is 6.04 Å². The zero-order valence-electron chi connectivity index (χ0n) is 11.9. The number of rotatable bonds is 3. The van der Waals surface area contributed by atoms with Gasteiger partial charge in [-0.25, -0.2) is 0 Å². The molecule has 1 unspecified atom stereocenters. The van der Waals surface area contributed by atoms with Crippen molar-refractivity contribution >= 4 is 17.3 Å². The Morgan fingerprint density at radius 1 is 0.947 bits per heavy atom. The minimum absolute atomic E-state index is 0.262. The van der Waals surface area contributed by atoms with E-state index in [1.165, 1.54) is 22.3 Å². The van der Waals surface area contributed by atoms with E-state index in [0.717, 1.165) is 10.7 Å². The molecule has 0 spiro atoms. The van der Waals surface area contributed by atoms with Gasteiger partial charge in [0.1, 0.15) is 0 Å². The highest BCUT2D eigenvalue weighted by atomic mass is 35.5. The number of anilines is 1. The number of halogens is 1. The maximum Gasteiger partial charge on any atom is 0.0488 e. The topological polar surface area (TPSA) is 12.0 Å². The van der Waals surface area contributed by atoms with Crippen molar-refractivity contribution in [3.63, 3.8) is 0 Å². The molecule has 2 rings (SSSR count). The molecule has 100 valence electrons. The maximum atomic E-state index is 6.06. The van der Waals surface area contributed by atoms with Crippen LogP contribution in [0.4, 0.5) is 5.69 Å². The van der Waals surface area contributed by atoms with Crippen LogP contribution in [-0.2, 0) is 0 Å². The van der Waals surface area contributed by atoms with Crippen molar-refractivity contribution in [3.05, 3.63) is 63.7 Å². The lowest BCUT2D eigenvalue weighted by atomic mass is 10.00. The molecule has 1 nitrogen and oxygen atoms in total. The van der Waals surface area contributed by atoms with Crippen LogP contribution in [0.3, 0.4) is 0 Å². The van der Waals surface area contributed by atoms with Gasteiger partial charge in [0.25, 0.3) is 0 Å². The first-order chi connectivity index (χ1) is 8.97. The van der Waals surface area contributed by atoms with Gasteiger partial charge in [-0.3, -0.25) is 0 Å². The first-order valence-electron chi connectivity index (χ1n) is 6.57. The standard InChI is InChI=1S/C17H20ClN/c1-11-5-8-16(13(3)9-11)14(4)19-17-10-15(18)7-6-12(17)2/h5-10,14,19H,1-4H3. The summed E-state index contributed by atoms with van der Waals surface area (Å²) in [5.41, 5.74) is 6.25. The quantitative estimate of drug-likeness (QED) is 0.785. The van der Waals surface area contributed by atoms with Gasteiger partial charge in [0, 0.05) is 16.8 Å². The van der Waals surface area contributed by atoms with Crippen LogP contribution < -0.4 is 5.32 Å². The second-order valence-electron chi connectivity index (χ2n) is 5.19. The fourth-order valence-electron chi connectivity index (χ4n) is 2.37. The first kappa shape index (κ1) is 14.0. The van der Waals surface area contributed by atoms with Crippen LogP contribution in [-0.4, -0.2) is 0 Å². The predicted octanol–water partition coefficient (Wildman–Crippen LogP) is 5.44. The number of nitrogens with one attached hydrogen (secondary N) is 1. The minimum atomic E-state index is 0.262. The molecule has 0 aromatic heterocycles. The lowest BCUT2D eigenvalue weighted by Crippen LogP contribution is -2.09. The van der Waals surface area contributed by atoms with E-state index in [2.05, 4.69) is 51.2 Å². The summed E-state index contributed by atoms with van der Waals surface area (Å²) in [6, 6.07) is 12.8. The monoisotopic (exact) mass is 273 g/mol. The van der Waals surface area contributed by atoms with Gasteiger partial charge >= 0.3 is 0 Å². The molecule has 0 bridgehead atoms. The van der Waals surface area contributed by atoms with Crippen LogP contribution in [0.25, 0.3) is 0 Å². The van der Waals surface area contributed by atoms with Crippen molar-refractivity contribution in [2.45, 2.75) is 33.7 Å². The molecule has 1 N–H and O–H groups in total. The average Bonchev–Trinajstić information content (AvgIpc) is 2.33. The van der Waals surface area contributed by atoms with Gasteiger partial charge < -0.3 is 5.32 Å². The third kappa shape index (κ3) is 3.30. The summed E-state index contributed by atoms with van der Waals surface area (Å²) in [6.07, 6.45) is 0. The Morgan fingerprint density at radius 2 is 1.68 bits per heavy atom. The molecule has 2 heteroatoms. The molecule has 0 aliphatic carbocycles. The highest BCUT2D eigenvalue weighted by Crippen LogP contribution is 2.26. The van der Waals surface area contributed by atoms with Crippen LogP contribution in [0, 0.1) is 20.8 Å². The molecule has 1 atom stereocenters. The molecule has 0 saturated carbocycles. The van der Waals surface area contributed by atoms with E-state index in [0.29, 0.717) is 0 Å². The van der Waals surface area contributed by atoms with E-state index in [1.54, 1.807) is 0 Å². The molecule has 19 heavy (non-hydrogen) atoms. The van der Waals surface area contributed by atoms with Gasteiger partial charge in [0.15, 0.2) is 0 Å². The first-order valence-corrected chi connectivity index (χ1v) is 6.95. The Balaban J connectivity index is 2.25. The smallest absolute Gasteiger partial charge is 0.0488 e. The Bertz CT molecular complexity index is 590. The van der Waals surface area contributed by atoms with E-state index in [4.69, 9.17) is 11.6 Å². The highest BCUT2D eigenvalue weighted by molar-refractivity contribution is 6.30. The summed E-state index contributed by atoms with van der Waals surface area (Å²) in [4.78, 5) is 0. The van der Waals surface area contributed by atoms with Crippen LogP contribution in [0.1, 0.15) is 35.2 Å². The second-order valence-corrected chi connectivity index (χ2v) is 5.62. The Labute approximate surface area is 120 Å². The zero-order chi connectivity index (χ0) is 14.0. The number of hydrogen-bond donors (Lipinski definition) is 1. The number of hydrogen-bond acceptors (Lipinski definition) is 1. The van der Waals surface area contributed by atoms with Gasteiger partial charge in [-0.1, -0.05) is 41.4 Å². The fraction of sp³-hybridized carbons (Fsp3) is 0.294. The summed E-state index contributed by atoms with van der Waals surface area (Å²) in [6.45, 7) is 8.55. The fourth-order valence-corrected chi connectivity index (χ4v) is 2.54. The largest absolute Gasteiger partial charge is 0.378 e. The van der Waals surface area contributed by atoms with Crippen molar-refractivity contribution in [1.29, 1.82) is 0 Å². The number of aryl methyl sites for hydroxylation is 3. The van der Waals surface area contributed by atoms with Gasteiger partial charge in [0.05, 0.1) is 0 Å². The molecule has 0 saturated heterocycles. The summed E-state index contributed by atoms with van der Waals surface area (Å²) < 4.78 is 0. The van der Waals surface area contributed by atoms with Crippen molar-refractivity contribution in [1.82, 2.24) is 0 Å². The van der Waals surface area contributed by atoms with Crippen LogP contribution in [0.5, 0.6) is 0 Å². The Hall–Kier alpha value is -1.47. The normalized spacial score (nSPS) is 12.3. The van der Waals surface area contributed by atoms with Gasteiger partial charge in [0.2, 0.25) is 0 Å². The molecule has 2 aromatic rings. The van der Waals surface area contributed by atoms with Crippen molar-refractivity contribution in [2.24, 2.45) is 0 Å². The van der Waals surface area contributed by atoms with E-state index in [1.807, 2.05) is 18.2 Å². The molecule has 0 fully saturated rings. The van der Waals surface area contributed by atoms with Crippen molar-refractivity contribution < 1.29 is 0 Å².